The fraction of sp³-hybridized carbons (Fsp3) is 0.111. The van der Waals surface area contributed by atoms with Crippen molar-refractivity contribution in [3.63, 3.8) is 0 Å². The molecule has 1 heterocycles. The maximum Gasteiger partial charge on any atom is 0.419 e. The van der Waals surface area contributed by atoms with E-state index in [9.17, 15) is 28.1 Å². The van der Waals surface area contributed by atoms with Crippen LogP contribution in [0.5, 0.6) is 17.2 Å². The van der Waals surface area contributed by atoms with E-state index in [1.807, 2.05) is 0 Å². The molecule has 0 aliphatic carbocycles. The first kappa shape index (κ1) is 21.2. The molecule has 0 radical (unpaired) electrons. The molecule has 2 aromatic rings. The molecule has 0 aromatic heterocycles. The largest absolute Gasteiger partial charge is 0.493 e. The first-order valence-corrected chi connectivity index (χ1v) is 8.89. The Balaban J connectivity index is 1.98. The van der Waals surface area contributed by atoms with Crippen molar-refractivity contribution in [3.05, 3.63) is 62.5 Å². The van der Waals surface area contributed by atoms with Gasteiger partial charge in [0.05, 0.1) is 28.6 Å². The molecule has 2 N–H and O–H groups in total. The number of hydrogen-bond donors (Lipinski definition) is 1. The van der Waals surface area contributed by atoms with Crippen LogP contribution >= 0.6 is 11.8 Å². The zero-order valence-electron chi connectivity index (χ0n) is 15.1. The van der Waals surface area contributed by atoms with Gasteiger partial charge in [-0.15, -0.1) is 0 Å². The molecular formula is C18H12F3N3O5S. The summed E-state index contributed by atoms with van der Waals surface area (Å²) in [5, 5.41) is 11.0. The van der Waals surface area contributed by atoms with Crippen LogP contribution in [0.15, 0.2) is 46.3 Å². The summed E-state index contributed by atoms with van der Waals surface area (Å²) in [5.41, 5.74) is 4.23. The number of methoxy groups -OCH3 is 1. The molecule has 0 bridgehead atoms. The Bertz CT molecular complexity index is 1100. The van der Waals surface area contributed by atoms with Gasteiger partial charge in [0.2, 0.25) is 0 Å². The second-order valence-corrected chi connectivity index (χ2v) is 6.88. The minimum Gasteiger partial charge on any atom is -0.493 e. The molecule has 0 atom stereocenters. The normalized spacial score (nSPS) is 15.3. The van der Waals surface area contributed by atoms with E-state index in [0.29, 0.717) is 17.7 Å². The molecule has 2 aromatic carbocycles. The summed E-state index contributed by atoms with van der Waals surface area (Å²) in [6, 6.07) is 6.22. The molecule has 1 amide bonds. The van der Waals surface area contributed by atoms with Gasteiger partial charge in [0.15, 0.2) is 16.7 Å². The second kappa shape index (κ2) is 8.06. The summed E-state index contributed by atoms with van der Waals surface area (Å²) in [7, 11) is 1.27. The average Bonchev–Trinajstić information content (AvgIpc) is 2.98. The molecule has 0 saturated carbocycles. The molecule has 12 heteroatoms. The van der Waals surface area contributed by atoms with Crippen molar-refractivity contribution in [2.45, 2.75) is 6.18 Å². The van der Waals surface area contributed by atoms with Crippen molar-refractivity contribution in [1.29, 1.82) is 0 Å². The van der Waals surface area contributed by atoms with Gasteiger partial charge in [0, 0.05) is 6.07 Å². The number of nitrogens with two attached hydrogens (primary N) is 1. The molecule has 8 nitrogen and oxygen atoms in total. The van der Waals surface area contributed by atoms with E-state index < -0.39 is 34.0 Å². The first-order valence-electron chi connectivity index (χ1n) is 8.08. The van der Waals surface area contributed by atoms with Crippen molar-refractivity contribution in [2.24, 2.45) is 10.7 Å². The highest BCUT2D eigenvalue weighted by molar-refractivity contribution is 8.18. The maximum atomic E-state index is 13.3. The monoisotopic (exact) mass is 439 g/mol. The molecule has 0 spiro atoms. The number of nitro groups is 1. The Morgan fingerprint density at radius 1 is 1.17 bits per heavy atom. The van der Waals surface area contributed by atoms with E-state index in [2.05, 4.69) is 4.99 Å². The Kier molecular flexibility index (Phi) is 5.69. The number of rotatable bonds is 5. The number of nitrogens with zero attached hydrogens (tertiary/aromatic N) is 2. The number of ether oxygens (including phenoxy) is 2. The number of carbonyl (C=O) groups is 1. The quantitative estimate of drug-likeness (QED) is 0.418. The smallest absolute Gasteiger partial charge is 0.419 e. The maximum absolute atomic E-state index is 13.3. The van der Waals surface area contributed by atoms with E-state index in [1.54, 1.807) is 0 Å². The predicted molar refractivity (Wildman–Crippen MR) is 103 cm³/mol. The molecule has 30 heavy (non-hydrogen) atoms. The van der Waals surface area contributed by atoms with Crippen molar-refractivity contribution < 1.29 is 32.4 Å². The summed E-state index contributed by atoms with van der Waals surface area (Å²) in [5.74, 6) is -1.31. The molecule has 1 aliphatic heterocycles. The number of amidine groups is 1. The van der Waals surface area contributed by atoms with Gasteiger partial charge in [-0.1, -0.05) is 6.07 Å². The number of carbonyl (C=O) groups excluding carboxylic acids is 1. The van der Waals surface area contributed by atoms with E-state index in [4.69, 9.17) is 15.2 Å². The molecule has 1 aliphatic rings. The lowest BCUT2D eigenvalue weighted by Gasteiger charge is -2.15. The molecule has 156 valence electrons. The first-order chi connectivity index (χ1) is 14.1. The highest BCUT2D eigenvalue weighted by Crippen LogP contribution is 2.42. The van der Waals surface area contributed by atoms with Gasteiger partial charge in [-0.05, 0) is 41.6 Å². The molecule has 0 saturated heterocycles. The van der Waals surface area contributed by atoms with E-state index in [0.717, 1.165) is 17.8 Å². The van der Waals surface area contributed by atoms with Crippen LogP contribution < -0.4 is 15.2 Å². The Hall–Kier alpha value is -3.54. The van der Waals surface area contributed by atoms with Crippen LogP contribution in [0.4, 0.5) is 18.9 Å². The van der Waals surface area contributed by atoms with Crippen LogP contribution in [0.3, 0.4) is 0 Å². The predicted octanol–water partition coefficient (Wildman–Crippen LogP) is 4.34. The zero-order valence-corrected chi connectivity index (χ0v) is 15.9. The lowest BCUT2D eigenvalue weighted by molar-refractivity contribution is -0.385. The van der Waals surface area contributed by atoms with Gasteiger partial charge >= 0.3 is 6.18 Å². The SMILES string of the molecule is COc1cc(/C=C2/SC(N)=NC2=O)ccc1Oc1cc([N+](=O)[O-])ccc1C(F)(F)F. The molecule has 0 fully saturated rings. The minimum absolute atomic E-state index is 0.0494. The van der Waals surface area contributed by atoms with Gasteiger partial charge in [0.1, 0.15) is 5.75 Å². The van der Waals surface area contributed by atoms with Crippen molar-refractivity contribution >= 4 is 34.6 Å². The Morgan fingerprint density at radius 2 is 1.90 bits per heavy atom. The second-order valence-electron chi connectivity index (χ2n) is 5.81. The third-order valence-corrected chi connectivity index (χ3v) is 4.64. The number of amides is 1. The number of benzene rings is 2. The summed E-state index contributed by atoms with van der Waals surface area (Å²) >= 11 is 0.976. The van der Waals surface area contributed by atoms with Gasteiger partial charge in [-0.2, -0.15) is 18.2 Å². The number of halogens is 3. The van der Waals surface area contributed by atoms with E-state index in [-0.39, 0.29) is 21.6 Å². The molecule has 3 rings (SSSR count). The van der Waals surface area contributed by atoms with Crippen LogP contribution in [0, 0.1) is 10.1 Å². The number of alkyl halides is 3. The lowest BCUT2D eigenvalue weighted by atomic mass is 10.1. The standard InChI is InChI=1S/C18H12F3N3O5S/c1-28-14-6-9(7-15-16(25)23-17(22)30-15)2-5-12(14)29-13-8-10(24(26)27)3-4-11(13)18(19,20)21/h2-8H,1H3,(H2,22,23,25)/b15-7+. The van der Waals surface area contributed by atoms with E-state index >= 15 is 0 Å². The fourth-order valence-corrected chi connectivity index (χ4v) is 3.18. The van der Waals surface area contributed by atoms with Gasteiger partial charge < -0.3 is 15.2 Å². The highest BCUT2D eigenvalue weighted by Gasteiger charge is 2.36. The molecular weight excluding hydrogens is 427 g/mol. The number of thioether (sulfide) groups is 1. The van der Waals surface area contributed by atoms with Crippen LogP contribution in [0.2, 0.25) is 0 Å². The third-order valence-electron chi connectivity index (χ3n) is 3.82. The van der Waals surface area contributed by atoms with Crippen LogP contribution in [-0.4, -0.2) is 23.1 Å². The minimum atomic E-state index is -4.79. The fourth-order valence-electron chi connectivity index (χ4n) is 2.50. The number of aliphatic imine (C=N–C) groups is 1. The van der Waals surface area contributed by atoms with Gasteiger partial charge in [-0.25, -0.2) is 0 Å². The summed E-state index contributed by atoms with van der Waals surface area (Å²) in [6.07, 6.45) is -3.31. The number of nitro benzene ring substituents is 1. The topological polar surface area (TPSA) is 117 Å². The van der Waals surface area contributed by atoms with Crippen molar-refractivity contribution in [3.8, 4) is 17.2 Å². The summed E-state index contributed by atoms with van der Waals surface area (Å²) in [4.78, 5) is 25.6. The zero-order chi connectivity index (χ0) is 22.1. The summed E-state index contributed by atoms with van der Waals surface area (Å²) in [6.45, 7) is 0. The number of hydrogen-bond acceptors (Lipinski definition) is 7. The van der Waals surface area contributed by atoms with Crippen LogP contribution in [-0.2, 0) is 11.0 Å². The summed E-state index contributed by atoms with van der Waals surface area (Å²) < 4.78 is 50.3. The van der Waals surface area contributed by atoms with Gasteiger partial charge in [-0.3, -0.25) is 14.9 Å². The van der Waals surface area contributed by atoms with E-state index in [1.165, 1.54) is 31.4 Å². The van der Waals surface area contributed by atoms with Crippen molar-refractivity contribution in [2.75, 3.05) is 7.11 Å². The number of non-ortho nitro benzene ring substituents is 1. The third kappa shape index (κ3) is 4.54. The highest BCUT2D eigenvalue weighted by atomic mass is 32.2. The molecule has 0 unspecified atom stereocenters. The van der Waals surface area contributed by atoms with Crippen molar-refractivity contribution in [1.82, 2.24) is 0 Å². The Labute approximate surface area is 171 Å². The van der Waals surface area contributed by atoms with Gasteiger partial charge in [0.25, 0.3) is 11.6 Å². The average molecular weight is 439 g/mol. The lowest BCUT2D eigenvalue weighted by Crippen LogP contribution is -2.08. The van der Waals surface area contributed by atoms with Crippen LogP contribution in [0.25, 0.3) is 6.08 Å². The Morgan fingerprint density at radius 3 is 2.47 bits per heavy atom. The van der Waals surface area contributed by atoms with Crippen LogP contribution in [0.1, 0.15) is 11.1 Å².